The van der Waals surface area contributed by atoms with Crippen molar-refractivity contribution >= 4 is 29.7 Å². The Morgan fingerprint density at radius 1 is 0.737 bits per heavy atom. The van der Waals surface area contributed by atoms with E-state index in [0.29, 0.717) is 65.9 Å². The van der Waals surface area contributed by atoms with Crippen molar-refractivity contribution in [3.63, 3.8) is 0 Å². The molecule has 9 heteroatoms. The number of amides is 2. The number of benzene rings is 2. The Hall–Kier alpha value is -3.08. The van der Waals surface area contributed by atoms with Gasteiger partial charge in [0.15, 0.2) is 0 Å². The summed E-state index contributed by atoms with van der Waals surface area (Å²) in [5, 5.41) is 2.82. The molecule has 1 aliphatic rings. The standard InChI is InChI=1S/C29H39N3O6/c30-13-16-36-18-20-38-22-21-37-19-17-35-15-12-28(33)31-14-11-29(34)32-23-26-7-2-1-5-24(26)9-10-25-6-3-4-8-27(25)32/h1-10H,11-23,30H2,(H,31,33). The molecule has 3 N–H and O–H groups in total. The number of nitrogens with zero attached hydrogens (tertiary/aromatic N) is 1. The number of fused-ring (bicyclic) bond motifs is 2. The molecule has 38 heavy (non-hydrogen) atoms. The third-order valence-electron chi connectivity index (χ3n) is 5.87. The number of anilines is 1. The van der Waals surface area contributed by atoms with Gasteiger partial charge in [-0.2, -0.15) is 0 Å². The maximum atomic E-state index is 13.2. The average Bonchev–Trinajstić information content (AvgIpc) is 2.92. The fourth-order valence-electron chi connectivity index (χ4n) is 3.91. The minimum Gasteiger partial charge on any atom is -0.379 e. The summed E-state index contributed by atoms with van der Waals surface area (Å²) in [4.78, 5) is 27.2. The lowest BCUT2D eigenvalue weighted by Gasteiger charge is -2.27. The summed E-state index contributed by atoms with van der Waals surface area (Å²) in [5.74, 6) is -0.186. The van der Waals surface area contributed by atoms with Crippen LogP contribution < -0.4 is 16.0 Å². The third-order valence-corrected chi connectivity index (χ3v) is 5.87. The van der Waals surface area contributed by atoms with E-state index in [0.717, 1.165) is 22.4 Å². The first-order chi connectivity index (χ1) is 18.7. The molecule has 0 spiro atoms. The van der Waals surface area contributed by atoms with Gasteiger partial charge in [0.05, 0.1) is 65.1 Å². The molecular formula is C29H39N3O6. The van der Waals surface area contributed by atoms with Gasteiger partial charge in [-0.3, -0.25) is 9.59 Å². The predicted molar refractivity (Wildman–Crippen MR) is 148 cm³/mol. The fraction of sp³-hybridized carbons (Fsp3) is 0.448. The molecule has 0 atom stereocenters. The molecule has 3 rings (SSSR count). The zero-order valence-corrected chi connectivity index (χ0v) is 21.9. The van der Waals surface area contributed by atoms with Crippen LogP contribution in [0.15, 0.2) is 48.5 Å². The van der Waals surface area contributed by atoms with E-state index < -0.39 is 0 Å². The van der Waals surface area contributed by atoms with E-state index >= 15 is 0 Å². The molecule has 2 amide bonds. The van der Waals surface area contributed by atoms with Crippen LogP contribution in [0.25, 0.3) is 12.2 Å². The third kappa shape index (κ3) is 10.4. The van der Waals surface area contributed by atoms with Crippen LogP contribution in [0, 0.1) is 0 Å². The lowest BCUT2D eigenvalue weighted by atomic mass is 10.0. The minimum absolute atomic E-state index is 0.0386. The first-order valence-electron chi connectivity index (χ1n) is 13.1. The number of nitrogens with two attached hydrogens (primary N) is 1. The van der Waals surface area contributed by atoms with Crippen molar-refractivity contribution in [2.75, 3.05) is 70.8 Å². The summed E-state index contributed by atoms with van der Waals surface area (Å²) in [6.45, 7) is 4.91. The summed E-state index contributed by atoms with van der Waals surface area (Å²) in [6.07, 6.45) is 4.56. The Labute approximate surface area is 224 Å². The van der Waals surface area contributed by atoms with Crippen LogP contribution in [0.4, 0.5) is 5.69 Å². The van der Waals surface area contributed by atoms with Gasteiger partial charge in [0.2, 0.25) is 11.8 Å². The van der Waals surface area contributed by atoms with E-state index in [1.807, 2.05) is 54.6 Å². The lowest BCUT2D eigenvalue weighted by Crippen LogP contribution is -2.35. The van der Waals surface area contributed by atoms with Crippen LogP contribution in [0.2, 0.25) is 0 Å². The molecule has 0 unspecified atom stereocenters. The number of ether oxygens (including phenoxy) is 4. The molecule has 206 valence electrons. The normalized spacial score (nSPS) is 12.4. The fourth-order valence-corrected chi connectivity index (χ4v) is 3.91. The van der Waals surface area contributed by atoms with Crippen molar-refractivity contribution < 1.29 is 28.5 Å². The van der Waals surface area contributed by atoms with Crippen molar-refractivity contribution in [1.29, 1.82) is 0 Å². The van der Waals surface area contributed by atoms with Crippen LogP contribution in [0.5, 0.6) is 0 Å². The highest BCUT2D eigenvalue weighted by Gasteiger charge is 2.20. The number of nitrogens with one attached hydrogen (secondary N) is 1. The smallest absolute Gasteiger partial charge is 0.229 e. The molecule has 0 aliphatic carbocycles. The van der Waals surface area contributed by atoms with Crippen LogP contribution in [-0.4, -0.2) is 77.8 Å². The van der Waals surface area contributed by atoms with Crippen LogP contribution in [0.1, 0.15) is 29.5 Å². The van der Waals surface area contributed by atoms with E-state index in [2.05, 4.69) is 11.4 Å². The quantitative estimate of drug-likeness (QED) is 0.305. The highest BCUT2D eigenvalue weighted by molar-refractivity contribution is 5.97. The van der Waals surface area contributed by atoms with Crippen LogP contribution in [0.3, 0.4) is 0 Å². The van der Waals surface area contributed by atoms with Gasteiger partial charge < -0.3 is 34.9 Å². The lowest BCUT2D eigenvalue weighted by molar-refractivity contribution is -0.122. The second kappa shape index (κ2) is 17.4. The zero-order valence-electron chi connectivity index (χ0n) is 21.9. The van der Waals surface area contributed by atoms with Gasteiger partial charge in [0.1, 0.15) is 0 Å². The molecule has 0 radical (unpaired) electrons. The number of para-hydroxylation sites is 1. The molecule has 2 aromatic carbocycles. The van der Waals surface area contributed by atoms with Crippen molar-refractivity contribution in [3.05, 3.63) is 65.2 Å². The molecule has 1 heterocycles. The minimum atomic E-state index is -0.148. The Kier molecular flexibility index (Phi) is 13.5. The van der Waals surface area contributed by atoms with Gasteiger partial charge in [-0.1, -0.05) is 54.6 Å². The van der Waals surface area contributed by atoms with Gasteiger partial charge in [-0.05, 0) is 22.8 Å². The number of rotatable bonds is 17. The SMILES string of the molecule is NCCOCCOCCOCCOCCC(=O)NCCC(=O)N1Cc2ccccc2C=Cc2ccccc21. The molecule has 2 aromatic rings. The Morgan fingerprint density at radius 3 is 2.03 bits per heavy atom. The van der Waals surface area contributed by atoms with Gasteiger partial charge in [0.25, 0.3) is 0 Å². The van der Waals surface area contributed by atoms with Crippen molar-refractivity contribution in [2.24, 2.45) is 5.73 Å². The molecule has 0 fully saturated rings. The predicted octanol–water partition coefficient (Wildman–Crippen LogP) is 2.63. The van der Waals surface area contributed by atoms with E-state index in [1.54, 1.807) is 4.90 Å². The molecule has 9 nitrogen and oxygen atoms in total. The Bertz CT molecular complexity index is 1030. The van der Waals surface area contributed by atoms with Crippen LogP contribution in [-0.2, 0) is 35.1 Å². The van der Waals surface area contributed by atoms with E-state index in [9.17, 15) is 9.59 Å². The second-order valence-electron chi connectivity index (χ2n) is 8.66. The zero-order chi connectivity index (χ0) is 26.8. The van der Waals surface area contributed by atoms with Crippen molar-refractivity contribution in [3.8, 4) is 0 Å². The highest BCUT2D eigenvalue weighted by Crippen LogP contribution is 2.29. The van der Waals surface area contributed by atoms with Crippen molar-refractivity contribution in [1.82, 2.24) is 5.32 Å². The summed E-state index contributed by atoms with van der Waals surface area (Å²) >= 11 is 0. The monoisotopic (exact) mass is 525 g/mol. The van der Waals surface area contributed by atoms with Gasteiger partial charge in [-0.25, -0.2) is 0 Å². The molecular weight excluding hydrogens is 486 g/mol. The summed E-state index contributed by atoms with van der Waals surface area (Å²) in [6, 6.07) is 15.9. The van der Waals surface area contributed by atoms with Gasteiger partial charge in [-0.15, -0.1) is 0 Å². The first-order valence-corrected chi connectivity index (χ1v) is 13.1. The summed E-state index contributed by atoms with van der Waals surface area (Å²) < 4.78 is 21.4. The number of carbonyl (C=O) groups excluding carboxylic acids is 2. The Morgan fingerprint density at radius 2 is 1.32 bits per heavy atom. The van der Waals surface area contributed by atoms with Gasteiger partial charge in [0, 0.05) is 25.9 Å². The Balaban J connectivity index is 1.29. The summed E-state index contributed by atoms with van der Waals surface area (Å²) in [5.41, 5.74) is 9.36. The average molecular weight is 526 g/mol. The van der Waals surface area contributed by atoms with Gasteiger partial charge >= 0.3 is 0 Å². The maximum Gasteiger partial charge on any atom is 0.229 e. The topological polar surface area (TPSA) is 112 Å². The number of hydrogen-bond donors (Lipinski definition) is 2. The van der Waals surface area contributed by atoms with Crippen molar-refractivity contribution in [2.45, 2.75) is 19.4 Å². The number of carbonyl (C=O) groups is 2. The number of hydrogen-bond acceptors (Lipinski definition) is 7. The van der Waals surface area contributed by atoms with E-state index in [-0.39, 0.29) is 31.2 Å². The highest BCUT2D eigenvalue weighted by atomic mass is 16.6. The van der Waals surface area contributed by atoms with E-state index in [4.69, 9.17) is 24.7 Å². The second-order valence-corrected chi connectivity index (χ2v) is 8.66. The first kappa shape index (κ1) is 29.5. The summed E-state index contributed by atoms with van der Waals surface area (Å²) in [7, 11) is 0. The molecule has 0 saturated carbocycles. The molecule has 0 aromatic heterocycles. The largest absolute Gasteiger partial charge is 0.379 e. The molecule has 0 saturated heterocycles. The van der Waals surface area contributed by atoms with E-state index in [1.165, 1.54) is 0 Å². The van der Waals surface area contributed by atoms with Crippen LogP contribution >= 0.6 is 0 Å². The maximum absolute atomic E-state index is 13.2. The molecule has 0 bridgehead atoms. The molecule has 1 aliphatic heterocycles.